The number of ketones is 1. The highest BCUT2D eigenvalue weighted by atomic mass is 35.5. The summed E-state index contributed by atoms with van der Waals surface area (Å²) in [5, 5.41) is 18.9. The number of nitrogens with zero attached hydrogens (tertiary/aromatic N) is 1. The van der Waals surface area contributed by atoms with Gasteiger partial charge in [0.15, 0.2) is 5.78 Å². The normalized spacial score (nSPS) is 12.0. The Morgan fingerprint density at radius 3 is 2.07 bits per heavy atom. The maximum absolute atomic E-state index is 13.5. The molecule has 0 aliphatic rings. The number of carbonyl (C=O) groups is 3. The third kappa shape index (κ3) is 8.07. The molecule has 0 aliphatic carbocycles. The Morgan fingerprint density at radius 2 is 1.38 bits per heavy atom. The number of amides is 2. The monoisotopic (exact) mass is 629 g/mol. The summed E-state index contributed by atoms with van der Waals surface area (Å²) in [4.78, 5) is 40.0. The molecule has 0 bridgehead atoms. The van der Waals surface area contributed by atoms with E-state index in [-0.39, 0.29) is 34.5 Å². The largest absolute Gasteiger partial charge is 0.325 e. The summed E-state index contributed by atoms with van der Waals surface area (Å²) >= 11 is 7.63. The number of thioether (sulfide) groups is 1. The molecular formula is C37H28ClN3O3S. The first-order valence-corrected chi connectivity index (χ1v) is 15.5. The van der Waals surface area contributed by atoms with Gasteiger partial charge in [0.2, 0.25) is 5.91 Å². The number of anilines is 1. The second-order valence-corrected chi connectivity index (χ2v) is 11.5. The third-order valence-corrected chi connectivity index (χ3v) is 8.48. The maximum Gasteiger partial charge on any atom is 0.256 e. The van der Waals surface area contributed by atoms with E-state index < -0.39 is 11.8 Å². The van der Waals surface area contributed by atoms with Crippen molar-refractivity contribution < 1.29 is 14.4 Å². The van der Waals surface area contributed by atoms with E-state index in [2.05, 4.69) is 16.7 Å². The van der Waals surface area contributed by atoms with Crippen LogP contribution in [0, 0.1) is 11.3 Å². The molecular weight excluding hydrogens is 602 g/mol. The zero-order valence-electron chi connectivity index (χ0n) is 24.1. The van der Waals surface area contributed by atoms with Gasteiger partial charge in [0.1, 0.15) is 0 Å². The van der Waals surface area contributed by atoms with Crippen molar-refractivity contribution in [1.29, 1.82) is 5.26 Å². The molecule has 222 valence electrons. The van der Waals surface area contributed by atoms with Gasteiger partial charge < -0.3 is 10.6 Å². The topological polar surface area (TPSA) is 99.1 Å². The van der Waals surface area contributed by atoms with Gasteiger partial charge in [-0.1, -0.05) is 120 Å². The number of allylic oxidation sites excluding steroid dienone is 1. The van der Waals surface area contributed by atoms with Crippen LogP contribution in [0.4, 0.5) is 5.69 Å². The van der Waals surface area contributed by atoms with Crippen LogP contribution >= 0.6 is 23.4 Å². The smallest absolute Gasteiger partial charge is 0.256 e. The molecule has 6 nitrogen and oxygen atoms in total. The van der Waals surface area contributed by atoms with E-state index in [0.29, 0.717) is 27.4 Å². The molecule has 1 atom stereocenters. The molecule has 0 saturated carbocycles. The SMILES string of the molecule is N#CC(=C(NC(=O)c1ccccc1)SCC(=O)Nc1ccc2ccccc2c1)C(CC(=O)c1ccccc1)c1ccccc1Cl. The number of fused-ring (bicyclic) bond motifs is 1. The molecule has 1 unspecified atom stereocenters. The second-order valence-electron chi connectivity index (χ2n) is 10.1. The summed E-state index contributed by atoms with van der Waals surface area (Å²) in [6, 6.07) is 40.1. The first kappa shape index (κ1) is 31.3. The van der Waals surface area contributed by atoms with Gasteiger partial charge in [-0.05, 0) is 46.7 Å². The summed E-state index contributed by atoms with van der Waals surface area (Å²) in [5.74, 6) is -1.87. The van der Waals surface area contributed by atoms with Crippen LogP contribution in [0.25, 0.3) is 10.8 Å². The van der Waals surface area contributed by atoms with Gasteiger partial charge in [0.05, 0.1) is 22.4 Å². The average molecular weight is 630 g/mol. The number of carbonyl (C=O) groups excluding carboxylic acids is 3. The van der Waals surface area contributed by atoms with Crippen LogP contribution in [0.2, 0.25) is 5.02 Å². The lowest BCUT2D eigenvalue weighted by molar-refractivity contribution is -0.113. The molecule has 5 rings (SSSR count). The van der Waals surface area contributed by atoms with Crippen LogP contribution in [0.3, 0.4) is 0 Å². The van der Waals surface area contributed by atoms with Crippen molar-refractivity contribution in [3.05, 3.63) is 160 Å². The summed E-state index contributed by atoms with van der Waals surface area (Å²) in [6.07, 6.45) is -0.0782. The summed E-state index contributed by atoms with van der Waals surface area (Å²) in [6.45, 7) is 0. The lowest BCUT2D eigenvalue weighted by Crippen LogP contribution is -2.25. The second kappa shape index (κ2) is 15.0. The Kier molecular flexibility index (Phi) is 10.4. The van der Waals surface area contributed by atoms with Crippen molar-refractivity contribution in [3.63, 3.8) is 0 Å². The summed E-state index contributed by atoms with van der Waals surface area (Å²) < 4.78 is 0. The minimum atomic E-state index is -0.793. The lowest BCUT2D eigenvalue weighted by Gasteiger charge is -2.21. The highest BCUT2D eigenvalue weighted by molar-refractivity contribution is 8.03. The van der Waals surface area contributed by atoms with Crippen molar-refractivity contribution in [2.75, 3.05) is 11.1 Å². The number of hydrogen-bond donors (Lipinski definition) is 2. The number of halogens is 1. The molecule has 0 spiro atoms. The predicted molar refractivity (Wildman–Crippen MR) is 181 cm³/mol. The number of nitriles is 1. The highest BCUT2D eigenvalue weighted by Crippen LogP contribution is 2.37. The third-order valence-electron chi connectivity index (χ3n) is 7.12. The maximum atomic E-state index is 13.5. The number of hydrogen-bond acceptors (Lipinski definition) is 5. The van der Waals surface area contributed by atoms with E-state index in [9.17, 15) is 19.6 Å². The Labute approximate surface area is 270 Å². The van der Waals surface area contributed by atoms with Gasteiger partial charge in [-0.25, -0.2) is 0 Å². The van der Waals surface area contributed by atoms with Crippen LogP contribution in [-0.2, 0) is 4.79 Å². The van der Waals surface area contributed by atoms with E-state index in [1.165, 1.54) is 0 Å². The molecule has 45 heavy (non-hydrogen) atoms. The zero-order chi connectivity index (χ0) is 31.6. The van der Waals surface area contributed by atoms with Gasteiger partial charge in [0.25, 0.3) is 5.91 Å². The minimum absolute atomic E-state index is 0.0782. The van der Waals surface area contributed by atoms with Crippen molar-refractivity contribution in [2.45, 2.75) is 12.3 Å². The van der Waals surface area contributed by atoms with Crippen LogP contribution in [-0.4, -0.2) is 23.4 Å². The number of Topliss-reactive ketones (excluding diaryl/α,β-unsaturated/α-hetero) is 1. The fourth-order valence-corrected chi connectivity index (χ4v) is 6.01. The molecule has 0 aromatic heterocycles. The Hall–Kier alpha value is -5.16. The standard InChI is InChI=1S/C37H28ClN3O3S/c38-33-18-10-9-17-30(33)31(22-34(42)26-12-3-1-4-13-26)32(23-39)37(41-36(44)27-14-5-2-6-15-27)45-24-35(43)40-29-20-19-25-11-7-8-16-28(25)21-29/h1-21,31H,22,24H2,(H,40,43)(H,41,44). The highest BCUT2D eigenvalue weighted by Gasteiger charge is 2.28. The molecule has 0 radical (unpaired) electrons. The van der Waals surface area contributed by atoms with E-state index in [4.69, 9.17) is 11.6 Å². The van der Waals surface area contributed by atoms with Crippen molar-refractivity contribution in [2.24, 2.45) is 0 Å². The fourth-order valence-electron chi connectivity index (χ4n) is 4.89. The van der Waals surface area contributed by atoms with E-state index >= 15 is 0 Å². The Balaban J connectivity index is 1.49. The van der Waals surface area contributed by atoms with Crippen LogP contribution in [0.1, 0.15) is 38.6 Å². The summed E-state index contributed by atoms with van der Waals surface area (Å²) in [5.41, 5.74) is 2.18. The molecule has 5 aromatic carbocycles. The molecule has 0 saturated heterocycles. The minimum Gasteiger partial charge on any atom is -0.325 e. The number of benzene rings is 5. The predicted octanol–water partition coefficient (Wildman–Crippen LogP) is 8.39. The molecule has 0 aliphatic heterocycles. The average Bonchev–Trinajstić information content (AvgIpc) is 3.07. The van der Waals surface area contributed by atoms with Gasteiger partial charge in [-0.3, -0.25) is 14.4 Å². The van der Waals surface area contributed by atoms with Crippen LogP contribution in [0.15, 0.2) is 138 Å². The van der Waals surface area contributed by atoms with Crippen molar-refractivity contribution in [3.8, 4) is 6.07 Å². The molecule has 5 aromatic rings. The lowest BCUT2D eigenvalue weighted by atomic mass is 9.86. The van der Waals surface area contributed by atoms with Crippen molar-refractivity contribution >= 4 is 57.4 Å². The molecule has 2 amide bonds. The van der Waals surface area contributed by atoms with Gasteiger partial charge in [-0.2, -0.15) is 5.26 Å². The fraction of sp³-hybridized carbons (Fsp3) is 0.0811. The Bertz CT molecular complexity index is 1920. The first-order chi connectivity index (χ1) is 21.9. The molecule has 0 heterocycles. The van der Waals surface area contributed by atoms with E-state index in [1.54, 1.807) is 78.9 Å². The summed E-state index contributed by atoms with van der Waals surface area (Å²) in [7, 11) is 0. The Morgan fingerprint density at radius 1 is 0.756 bits per heavy atom. The molecule has 2 N–H and O–H groups in total. The number of nitrogens with one attached hydrogen (secondary N) is 2. The van der Waals surface area contributed by atoms with Gasteiger partial charge in [-0.15, -0.1) is 0 Å². The van der Waals surface area contributed by atoms with Gasteiger partial charge in [0, 0.05) is 34.2 Å². The molecule has 8 heteroatoms. The quantitative estimate of drug-likeness (QED) is 0.113. The number of rotatable bonds is 11. The zero-order valence-corrected chi connectivity index (χ0v) is 25.6. The van der Waals surface area contributed by atoms with E-state index in [0.717, 1.165) is 22.5 Å². The van der Waals surface area contributed by atoms with Crippen molar-refractivity contribution in [1.82, 2.24) is 5.32 Å². The first-order valence-electron chi connectivity index (χ1n) is 14.2. The molecule has 0 fully saturated rings. The van der Waals surface area contributed by atoms with Gasteiger partial charge >= 0.3 is 0 Å². The van der Waals surface area contributed by atoms with Crippen LogP contribution in [0.5, 0.6) is 0 Å². The van der Waals surface area contributed by atoms with E-state index in [1.807, 2.05) is 48.5 Å². The van der Waals surface area contributed by atoms with Crippen LogP contribution < -0.4 is 10.6 Å².